The quantitative estimate of drug-likeness (QED) is 0.151. The lowest BCUT2D eigenvalue weighted by Crippen LogP contribution is -2.64. The molecule has 2 fully saturated rings. The summed E-state index contributed by atoms with van der Waals surface area (Å²) in [4.78, 5) is 37.0. The average Bonchev–Trinajstić information content (AvgIpc) is 3.53. The molecule has 2 aromatic carbocycles. The second-order valence-corrected chi connectivity index (χ2v) is 12.0. The Labute approximate surface area is 278 Å². The number of aromatic nitrogens is 3. The van der Waals surface area contributed by atoms with Gasteiger partial charge in [-0.3, -0.25) is 14.0 Å². The van der Waals surface area contributed by atoms with Crippen molar-refractivity contribution in [1.29, 1.82) is 0 Å². The van der Waals surface area contributed by atoms with Gasteiger partial charge in [0.1, 0.15) is 30.1 Å². The lowest BCUT2D eigenvalue weighted by Gasteiger charge is -2.41. The highest BCUT2D eigenvalue weighted by atomic mass is 19.3. The minimum Gasteiger partial charge on any atom is -0.435 e. The van der Waals surface area contributed by atoms with Crippen LogP contribution in [0.4, 0.5) is 20.3 Å². The number of piperidine rings is 1. The van der Waals surface area contributed by atoms with Gasteiger partial charge in [-0.05, 0) is 67.8 Å². The van der Waals surface area contributed by atoms with Gasteiger partial charge >= 0.3 is 6.61 Å². The normalized spacial score (nSPS) is 23.1. The maximum Gasteiger partial charge on any atom is 0.387 e. The van der Waals surface area contributed by atoms with E-state index in [-0.39, 0.29) is 11.7 Å². The summed E-state index contributed by atoms with van der Waals surface area (Å²) < 4.78 is 36.4. The molecule has 6 rings (SSSR count). The van der Waals surface area contributed by atoms with Crippen LogP contribution >= 0.6 is 0 Å². The highest BCUT2D eigenvalue weighted by Gasteiger charge is 2.45. The van der Waals surface area contributed by atoms with Gasteiger partial charge in [0.25, 0.3) is 5.91 Å². The number of nitrogens with zero attached hydrogens (tertiary/aromatic N) is 4. The molecule has 2 aliphatic heterocycles. The smallest absolute Gasteiger partial charge is 0.387 e. The summed E-state index contributed by atoms with van der Waals surface area (Å²) in [7, 11) is 0. The average molecular weight is 683 g/mol. The van der Waals surface area contributed by atoms with Gasteiger partial charge in [-0.25, -0.2) is 9.97 Å². The van der Waals surface area contributed by atoms with Gasteiger partial charge in [-0.15, -0.1) is 0 Å². The molecule has 14 nitrogen and oxygen atoms in total. The Morgan fingerprint density at radius 1 is 1.06 bits per heavy atom. The Morgan fingerprint density at radius 2 is 1.80 bits per heavy atom. The number of hydrogen-bond acceptors (Lipinski definition) is 11. The summed E-state index contributed by atoms with van der Waals surface area (Å²) in [6, 6.07) is 10.3. The monoisotopic (exact) mass is 682 g/mol. The molecule has 2 aromatic heterocycles. The first-order chi connectivity index (χ1) is 23.5. The maximum atomic E-state index is 13.5. The van der Waals surface area contributed by atoms with Crippen molar-refractivity contribution in [3.63, 3.8) is 0 Å². The number of benzene rings is 2. The van der Waals surface area contributed by atoms with Gasteiger partial charge in [0.2, 0.25) is 5.91 Å². The van der Waals surface area contributed by atoms with Crippen LogP contribution in [0.1, 0.15) is 28.8 Å². The van der Waals surface area contributed by atoms with E-state index in [1.807, 2.05) is 17.4 Å². The first-order valence-corrected chi connectivity index (χ1v) is 15.7. The number of rotatable bonds is 9. The lowest BCUT2D eigenvalue weighted by molar-refractivity contribution is -0.254. The standard InChI is InChI=1S/C33H36F2N6O8/c1-17-14-20(38-28-29-37-15-23(41(29)13-10-36-28)18-2-5-21(6-3-18)48-33(34)35)4-7-22(17)31(46)40-11-8-19(9-12-40)30(45)39-25-27(44)26(43)24(16-42)49-32(25)47/h2-7,10,13-15,19,24-27,32-33,42-44,47H,8-9,11-12,16H2,1H3,(H,36,38)(H,39,45)/t24-,25-,26-,27-,32+/m1/s1. The van der Waals surface area contributed by atoms with Crippen LogP contribution in [0.15, 0.2) is 61.1 Å². The molecule has 0 unspecified atom stereocenters. The van der Waals surface area contributed by atoms with E-state index in [1.54, 1.807) is 47.8 Å². The Kier molecular flexibility index (Phi) is 10.0. The van der Waals surface area contributed by atoms with Crippen LogP contribution in [-0.4, -0.2) is 108 Å². The molecule has 260 valence electrons. The molecule has 0 radical (unpaired) electrons. The molecule has 16 heteroatoms. The number of halogens is 2. The largest absolute Gasteiger partial charge is 0.435 e. The number of nitrogens with one attached hydrogen (secondary N) is 2. The molecule has 0 aliphatic carbocycles. The third kappa shape index (κ3) is 7.18. The van der Waals surface area contributed by atoms with Crippen LogP contribution in [0.25, 0.3) is 16.9 Å². The molecule has 2 amide bonds. The molecule has 4 heterocycles. The molecule has 2 aliphatic rings. The highest BCUT2D eigenvalue weighted by Crippen LogP contribution is 2.29. The number of ether oxygens (including phenoxy) is 2. The Morgan fingerprint density at radius 3 is 2.47 bits per heavy atom. The third-order valence-corrected chi connectivity index (χ3v) is 8.88. The first-order valence-electron chi connectivity index (χ1n) is 15.7. The van der Waals surface area contributed by atoms with E-state index < -0.39 is 55.7 Å². The highest BCUT2D eigenvalue weighted by molar-refractivity contribution is 5.96. The number of amides is 2. The summed E-state index contributed by atoms with van der Waals surface area (Å²) in [5.74, 6) is -0.592. The van der Waals surface area contributed by atoms with Crippen molar-refractivity contribution in [3.8, 4) is 17.0 Å². The summed E-state index contributed by atoms with van der Waals surface area (Å²) in [5.41, 5.74) is 3.88. The van der Waals surface area contributed by atoms with Crippen LogP contribution in [0.5, 0.6) is 5.75 Å². The van der Waals surface area contributed by atoms with E-state index in [0.717, 1.165) is 16.8 Å². The van der Waals surface area contributed by atoms with Crippen molar-refractivity contribution >= 4 is 29.0 Å². The Bertz CT molecular complexity index is 1800. The number of hydrogen-bond donors (Lipinski definition) is 6. The van der Waals surface area contributed by atoms with Crippen LogP contribution in [0.3, 0.4) is 0 Å². The van der Waals surface area contributed by atoms with Gasteiger partial charge < -0.3 is 45.4 Å². The summed E-state index contributed by atoms with van der Waals surface area (Å²) in [5, 5.41) is 45.7. The fraction of sp³-hybridized carbons (Fsp3) is 0.394. The minimum atomic E-state index is -2.91. The Balaban J connectivity index is 1.07. The summed E-state index contributed by atoms with van der Waals surface area (Å²) >= 11 is 0. The number of alkyl halides is 2. The third-order valence-electron chi connectivity index (χ3n) is 8.88. The van der Waals surface area contributed by atoms with Crippen LogP contribution in [0, 0.1) is 12.8 Å². The molecule has 6 N–H and O–H groups in total. The maximum absolute atomic E-state index is 13.5. The van der Waals surface area contributed by atoms with E-state index in [1.165, 1.54) is 12.1 Å². The number of likely N-dealkylation sites (tertiary alicyclic amines) is 1. The predicted octanol–water partition coefficient (Wildman–Crippen LogP) is 1.82. The number of aliphatic hydroxyl groups excluding tert-OH is 4. The molecular weight excluding hydrogens is 646 g/mol. The summed E-state index contributed by atoms with van der Waals surface area (Å²) in [6.07, 6.45) is -0.0934. The van der Waals surface area contributed by atoms with Crippen molar-refractivity contribution in [2.45, 2.75) is 57.0 Å². The van der Waals surface area contributed by atoms with Crippen molar-refractivity contribution in [2.24, 2.45) is 5.92 Å². The summed E-state index contributed by atoms with van der Waals surface area (Å²) in [6.45, 7) is -1.07. The van der Waals surface area contributed by atoms with Gasteiger partial charge in [0.05, 0.1) is 18.5 Å². The molecule has 0 saturated carbocycles. The van der Waals surface area contributed by atoms with Gasteiger partial charge in [-0.2, -0.15) is 8.78 Å². The van der Waals surface area contributed by atoms with E-state index in [9.17, 15) is 38.8 Å². The van der Waals surface area contributed by atoms with Gasteiger partial charge in [0, 0.05) is 48.2 Å². The fourth-order valence-electron chi connectivity index (χ4n) is 6.20. The minimum absolute atomic E-state index is 0.0514. The second kappa shape index (κ2) is 14.4. The van der Waals surface area contributed by atoms with Gasteiger partial charge in [-0.1, -0.05) is 0 Å². The van der Waals surface area contributed by atoms with E-state index in [4.69, 9.17) is 4.74 Å². The molecule has 0 spiro atoms. The first kappa shape index (κ1) is 34.1. The number of imidazole rings is 1. The number of fused-ring (bicyclic) bond motifs is 1. The molecule has 5 atom stereocenters. The second-order valence-electron chi connectivity index (χ2n) is 12.0. The topological polar surface area (TPSA) is 191 Å². The van der Waals surface area contributed by atoms with Crippen LogP contribution in [-0.2, 0) is 9.53 Å². The van der Waals surface area contributed by atoms with E-state index in [2.05, 4.69) is 25.3 Å². The molecule has 4 aromatic rings. The van der Waals surface area contributed by atoms with Gasteiger partial charge in [0.15, 0.2) is 17.8 Å². The molecule has 0 bridgehead atoms. The Hall–Kier alpha value is -4.74. The SMILES string of the molecule is Cc1cc(Nc2nccn3c(-c4ccc(OC(F)F)cc4)cnc23)ccc1C(=O)N1CCC(C(=O)N[C@@H]2[C@@H](O)[C@H](O)[C@@H](CO)O[C@@H]2O)CC1. The van der Waals surface area contributed by atoms with E-state index in [0.29, 0.717) is 48.6 Å². The number of carbonyl (C=O) groups is 2. The van der Waals surface area contributed by atoms with Crippen molar-refractivity contribution in [2.75, 3.05) is 25.0 Å². The molecular formula is C33H36F2N6O8. The molecule has 49 heavy (non-hydrogen) atoms. The van der Waals surface area contributed by atoms with E-state index >= 15 is 0 Å². The fourth-order valence-corrected chi connectivity index (χ4v) is 6.20. The number of anilines is 2. The van der Waals surface area contributed by atoms with Crippen LogP contribution in [0.2, 0.25) is 0 Å². The number of aliphatic hydroxyl groups is 4. The number of aryl methyl sites for hydroxylation is 1. The van der Waals surface area contributed by atoms with Crippen molar-refractivity contribution < 1.29 is 48.3 Å². The zero-order valence-corrected chi connectivity index (χ0v) is 26.3. The zero-order chi connectivity index (χ0) is 34.8. The zero-order valence-electron chi connectivity index (χ0n) is 26.3. The van der Waals surface area contributed by atoms with Crippen molar-refractivity contribution in [1.82, 2.24) is 24.6 Å². The van der Waals surface area contributed by atoms with Crippen LogP contribution < -0.4 is 15.4 Å². The number of carbonyl (C=O) groups excluding carboxylic acids is 2. The lowest BCUT2D eigenvalue weighted by atomic mass is 9.92. The van der Waals surface area contributed by atoms with Crippen molar-refractivity contribution in [3.05, 3.63) is 72.2 Å². The predicted molar refractivity (Wildman–Crippen MR) is 170 cm³/mol. The molecule has 2 saturated heterocycles.